The van der Waals surface area contributed by atoms with E-state index in [2.05, 4.69) is 22.4 Å². The molecule has 1 atom stereocenters. The number of nitrogens with zero attached hydrogens (tertiary/aromatic N) is 2. The minimum absolute atomic E-state index is 0.00766. The lowest BCUT2D eigenvalue weighted by Crippen LogP contribution is -2.62. The summed E-state index contributed by atoms with van der Waals surface area (Å²) in [5, 5.41) is 3.18. The van der Waals surface area contributed by atoms with Crippen molar-refractivity contribution in [1.29, 1.82) is 0 Å². The van der Waals surface area contributed by atoms with Gasteiger partial charge in [-0.2, -0.15) is 0 Å². The average molecular weight is 440 g/mol. The van der Waals surface area contributed by atoms with Crippen LogP contribution in [0, 0.1) is 0 Å². The fourth-order valence-electron chi connectivity index (χ4n) is 5.63. The number of pyridine rings is 1. The molecule has 2 aliphatic rings. The Morgan fingerprint density at radius 3 is 2.36 bits per heavy atom. The molecule has 168 valence electrons. The minimum atomic E-state index is -0.512. The van der Waals surface area contributed by atoms with Crippen LogP contribution >= 0.6 is 0 Å². The average Bonchev–Trinajstić information content (AvgIpc) is 2.87. The number of hydrogen-bond donors (Lipinski definition) is 1. The highest BCUT2D eigenvalue weighted by Gasteiger charge is 2.54. The molecule has 5 nitrogen and oxygen atoms in total. The summed E-state index contributed by atoms with van der Waals surface area (Å²) in [5.74, 6) is -0.362. The van der Waals surface area contributed by atoms with E-state index in [1.54, 1.807) is 12.4 Å². The zero-order valence-corrected chi connectivity index (χ0v) is 18.7. The van der Waals surface area contributed by atoms with Gasteiger partial charge in [0.05, 0.1) is 11.5 Å². The Hall–Kier alpha value is -3.47. The van der Waals surface area contributed by atoms with Crippen molar-refractivity contribution in [2.24, 2.45) is 0 Å². The van der Waals surface area contributed by atoms with Crippen molar-refractivity contribution in [2.75, 3.05) is 0 Å². The first-order valence-electron chi connectivity index (χ1n) is 11.8. The first-order chi connectivity index (χ1) is 16.2. The number of benzene rings is 2. The molecule has 2 aromatic carbocycles. The monoisotopic (exact) mass is 439 g/mol. The van der Waals surface area contributed by atoms with Crippen molar-refractivity contribution in [3.8, 4) is 0 Å². The molecule has 1 spiro atoms. The summed E-state index contributed by atoms with van der Waals surface area (Å²) >= 11 is 0. The second-order valence-electron chi connectivity index (χ2n) is 9.13. The third kappa shape index (κ3) is 4.04. The summed E-state index contributed by atoms with van der Waals surface area (Å²) in [6, 6.07) is 21.6. The number of nitrogens with one attached hydrogen (secondary N) is 1. The fourth-order valence-corrected chi connectivity index (χ4v) is 5.63. The van der Waals surface area contributed by atoms with Crippen LogP contribution in [-0.2, 0) is 17.9 Å². The van der Waals surface area contributed by atoms with Gasteiger partial charge in [-0.15, -0.1) is 0 Å². The van der Waals surface area contributed by atoms with Crippen molar-refractivity contribution < 1.29 is 9.59 Å². The van der Waals surface area contributed by atoms with Gasteiger partial charge in [0.2, 0.25) is 5.91 Å². The molecule has 0 saturated heterocycles. The highest BCUT2D eigenvalue weighted by Crippen LogP contribution is 2.49. The predicted molar refractivity (Wildman–Crippen MR) is 127 cm³/mol. The number of carbonyl (C=O) groups is 2. The summed E-state index contributed by atoms with van der Waals surface area (Å²) in [6.45, 7) is 0.963. The Morgan fingerprint density at radius 1 is 0.909 bits per heavy atom. The first-order valence-corrected chi connectivity index (χ1v) is 11.8. The molecule has 2 amide bonds. The number of carbonyl (C=O) groups excluding carboxylic acids is 2. The molecule has 1 aliphatic carbocycles. The molecule has 5 heteroatoms. The SMILES string of the molecule is O=C(NCc1ccncc1)[C@@H]1c2ccccc2C(=O)N(Cc2ccccc2)C12CCCCC2. The van der Waals surface area contributed by atoms with Gasteiger partial charge in [-0.3, -0.25) is 14.6 Å². The highest BCUT2D eigenvalue weighted by atomic mass is 16.2. The molecular weight excluding hydrogens is 410 g/mol. The maximum Gasteiger partial charge on any atom is 0.254 e. The molecule has 1 fully saturated rings. The standard InChI is InChI=1S/C28H29N3O2/c32-26(30-19-21-13-17-29-18-14-21)25-23-11-5-6-12-24(23)27(33)31(20-22-9-3-1-4-10-22)28(25)15-7-2-8-16-28/h1,3-6,9-14,17-18,25H,2,7-8,15-16,19-20H2,(H,30,32)/t25-/m0/s1. The Bertz CT molecular complexity index is 1120. The topological polar surface area (TPSA) is 62.3 Å². The second-order valence-corrected chi connectivity index (χ2v) is 9.13. The van der Waals surface area contributed by atoms with Crippen molar-refractivity contribution >= 4 is 11.8 Å². The summed E-state index contributed by atoms with van der Waals surface area (Å²) in [6.07, 6.45) is 8.34. The van der Waals surface area contributed by atoms with Gasteiger partial charge in [0, 0.05) is 31.0 Å². The van der Waals surface area contributed by atoms with Crippen LogP contribution in [0.2, 0.25) is 0 Å². The summed E-state index contributed by atoms with van der Waals surface area (Å²) in [5.41, 5.74) is 3.10. The Kier molecular flexibility index (Phi) is 5.95. The van der Waals surface area contributed by atoms with E-state index in [1.165, 1.54) is 0 Å². The maximum absolute atomic E-state index is 13.8. The van der Waals surface area contributed by atoms with Crippen LogP contribution in [0.15, 0.2) is 79.1 Å². The molecule has 0 unspecified atom stereocenters. The van der Waals surface area contributed by atoms with E-state index in [0.29, 0.717) is 18.7 Å². The molecule has 0 bridgehead atoms. The third-order valence-corrected chi connectivity index (χ3v) is 7.20. The van der Waals surface area contributed by atoms with Crippen LogP contribution in [-0.4, -0.2) is 27.2 Å². The zero-order chi connectivity index (χ0) is 22.7. The maximum atomic E-state index is 13.8. The van der Waals surface area contributed by atoms with Crippen LogP contribution in [0.3, 0.4) is 0 Å². The number of fused-ring (bicyclic) bond motifs is 1. The highest BCUT2D eigenvalue weighted by molar-refractivity contribution is 6.02. The molecule has 3 aromatic rings. The molecule has 1 aliphatic heterocycles. The lowest BCUT2D eigenvalue weighted by molar-refractivity contribution is -0.127. The van der Waals surface area contributed by atoms with E-state index < -0.39 is 11.5 Å². The quantitative estimate of drug-likeness (QED) is 0.619. The van der Waals surface area contributed by atoms with Crippen LogP contribution < -0.4 is 5.32 Å². The summed E-state index contributed by atoms with van der Waals surface area (Å²) < 4.78 is 0. The molecule has 2 heterocycles. The van der Waals surface area contributed by atoms with Crippen molar-refractivity contribution in [3.05, 3.63) is 101 Å². The molecule has 1 N–H and O–H groups in total. The van der Waals surface area contributed by atoms with Gasteiger partial charge in [-0.25, -0.2) is 0 Å². The summed E-state index contributed by atoms with van der Waals surface area (Å²) in [7, 11) is 0. The van der Waals surface area contributed by atoms with Gasteiger partial charge in [0.1, 0.15) is 0 Å². The van der Waals surface area contributed by atoms with Crippen molar-refractivity contribution in [2.45, 2.75) is 56.7 Å². The van der Waals surface area contributed by atoms with E-state index in [-0.39, 0.29) is 11.8 Å². The second kappa shape index (κ2) is 9.18. The molecule has 1 aromatic heterocycles. The Labute approximate surface area is 194 Å². The van der Waals surface area contributed by atoms with Crippen LogP contribution in [0.4, 0.5) is 0 Å². The lowest BCUT2D eigenvalue weighted by Gasteiger charge is -2.53. The molecule has 5 rings (SSSR count). The first kappa shape index (κ1) is 21.4. The number of hydrogen-bond acceptors (Lipinski definition) is 3. The third-order valence-electron chi connectivity index (χ3n) is 7.20. The largest absolute Gasteiger partial charge is 0.351 e. The zero-order valence-electron chi connectivity index (χ0n) is 18.7. The van der Waals surface area contributed by atoms with Gasteiger partial charge >= 0.3 is 0 Å². The number of rotatable bonds is 5. The van der Waals surface area contributed by atoms with E-state index in [9.17, 15) is 9.59 Å². The van der Waals surface area contributed by atoms with E-state index in [1.807, 2.05) is 59.5 Å². The molecule has 1 saturated carbocycles. The Morgan fingerprint density at radius 2 is 1.61 bits per heavy atom. The van der Waals surface area contributed by atoms with Gasteiger partial charge < -0.3 is 10.2 Å². The number of amides is 2. The minimum Gasteiger partial charge on any atom is -0.351 e. The van der Waals surface area contributed by atoms with Crippen LogP contribution in [0.25, 0.3) is 0 Å². The molecular formula is C28H29N3O2. The van der Waals surface area contributed by atoms with E-state index >= 15 is 0 Å². The smallest absolute Gasteiger partial charge is 0.254 e. The molecule has 33 heavy (non-hydrogen) atoms. The lowest BCUT2D eigenvalue weighted by atomic mass is 9.65. The van der Waals surface area contributed by atoms with Crippen LogP contribution in [0.1, 0.15) is 65.1 Å². The van der Waals surface area contributed by atoms with E-state index in [0.717, 1.165) is 48.8 Å². The molecule has 0 radical (unpaired) electrons. The van der Waals surface area contributed by atoms with Gasteiger partial charge in [0.25, 0.3) is 5.91 Å². The van der Waals surface area contributed by atoms with Crippen molar-refractivity contribution in [1.82, 2.24) is 15.2 Å². The van der Waals surface area contributed by atoms with Crippen molar-refractivity contribution in [3.63, 3.8) is 0 Å². The van der Waals surface area contributed by atoms with Gasteiger partial charge in [0.15, 0.2) is 0 Å². The van der Waals surface area contributed by atoms with Gasteiger partial charge in [-0.05, 0) is 47.7 Å². The normalized spacial score (nSPS) is 19.2. The Balaban J connectivity index is 1.56. The predicted octanol–water partition coefficient (Wildman–Crippen LogP) is 4.84. The van der Waals surface area contributed by atoms with Gasteiger partial charge in [-0.1, -0.05) is 67.8 Å². The number of aromatic nitrogens is 1. The fraction of sp³-hybridized carbons (Fsp3) is 0.321. The van der Waals surface area contributed by atoms with Crippen LogP contribution in [0.5, 0.6) is 0 Å². The van der Waals surface area contributed by atoms with E-state index in [4.69, 9.17) is 0 Å². The summed E-state index contributed by atoms with van der Waals surface area (Å²) in [4.78, 5) is 33.8.